The summed E-state index contributed by atoms with van der Waals surface area (Å²) >= 11 is 0. The molecule has 0 aliphatic carbocycles. The number of nitrogens with zero attached hydrogens (tertiary/aromatic N) is 3. The highest BCUT2D eigenvalue weighted by Gasteiger charge is 2.21. The van der Waals surface area contributed by atoms with E-state index >= 15 is 0 Å². The highest BCUT2D eigenvalue weighted by atomic mass is 19.1. The number of anilines is 1. The first-order valence-corrected chi connectivity index (χ1v) is 8.80. The number of rotatable bonds is 7. The number of hydrogen-bond acceptors (Lipinski definition) is 6. The van der Waals surface area contributed by atoms with Crippen LogP contribution in [0.3, 0.4) is 0 Å². The number of para-hydroxylation sites is 2. The lowest BCUT2D eigenvalue weighted by Crippen LogP contribution is -2.49. The number of piperazine rings is 1. The van der Waals surface area contributed by atoms with Crippen molar-refractivity contribution in [1.82, 2.24) is 4.90 Å². The zero-order valence-electron chi connectivity index (χ0n) is 14.8. The number of aliphatic hydroxyl groups excluding tert-OH is 1. The molecule has 1 saturated heterocycles. The largest absolute Gasteiger partial charge is 0.484 e. The Kier molecular flexibility index (Phi) is 6.20. The van der Waals surface area contributed by atoms with Crippen molar-refractivity contribution in [2.24, 2.45) is 0 Å². The molecule has 1 fully saturated rings. The van der Waals surface area contributed by atoms with E-state index in [4.69, 9.17) is 4.74 Å². The first-order valence-electron chi connectivity index (χ1n) is 8.80. The lowest BCUT2D eigenvalue weighted by atomic mass is 10.2. The second-order valence-corrected chi connectivity index (χ2v) is 6.45. The van der Waals surface area contributed by atoms with E-state index in [0.29, 0.717) is 6.54 Å². The topological polar surface area (TPSA) is 79.1 Å². The number of ether oxygens (including phenoxy) is 1. The van der Waals surface area contributed by atoms with Crippen LogP contribution in [0.4, 0.5) is 15.8 Å². The molecule has 27 heavy (non-hydrogen) atoms. The highest BCUT2D eigenvalue weighted by molar-refractivity contribution is 5.47. The van der Waals surface area contributed by atoms with Crippen LogP contribution < -0.4 is 9.64 Å². The minimum absolute atomic E-state index is 0.0109. The summed E-state index contributed by atoms with van der Waals surface area (Å²) in [6, 6.07) is 12.5. The van der Waals surface area contributed by atoms with E-state index in [-0.39, 0.29) is 23.9 Å². The summed E-state index contributed by atoms with van der Waals surface area (Å²) in [5.41, 5.74) is 0.869. The molecule has 0 aromatic heterocycles. The molecule has 1 heterocycles. The van der Waals surface area contributed by atoms with E-state index in [1.54, 1.807) is 24.3 Å². The Morgan fingerprint density at radius 3 is 2.44 bits per heavy atom. The molecule has 2 aromatic carbocycles. The van der Waals surface area contributed by atoms with Gasteiger partial charge in [0.05, 0.1) is 4.92 Å². The molecule has 1 atom stereocenters. The van der Waals surface area contributed by atoms with Crippen molar-refractivity contribution in [2.45, 2.75) is 6.10 Å². The number of nitro groups is 1. The van der Waals surface area contributed by atoms with Crippen LogP contribution in [-0.2, 0) is 0 Å². The van der Waals surface area contributed by atoms with Crippen molar-refractivity contribution in [3.8, 4) is 5.75 Å². The zero-order valence-corrected chi connectivity index (χ0v) is 14.8. The molecule has 144 valence electrons. The summed E-state index contributed by atoms with van der Waals surface area (Å²) in [5, 5.41) is 21.2. The van der Waals surface area contributed by atoms with Crippen molar-refractivity contribution < 1.29 is 19.2 Å². The number of hydrogen-bond donors (Lipinski definition) is 1. The molecule has 1 aliphatic rings. The predicted molar refractivity (Wildman–Crippen MR) is 99.7 cm³/mol. The summed E-state index contributed by atoms with van der Waals surface area (Å²) in [7, 11) is 0. The molecule has 1 N–H and O–H groups in total. The Morgan fingerprint density at radius 2 is 1.78 bits per heavy atom. The molecule has 0 bridgehead atoms. The molecule has 0 amide bonds. The van der Waals surface area contributed by atoms with Gasteiger partial charge in [0.25, 0.3) is 0 Å². The van der Waals surface area contributed by atoms with E-state index in [1.165, 1.54) is 24.3 Å². The second kappa shape index (κ2) is 8.79. The van der Waals surface area contributed by atoms with Gasteiger partial charge >= 0.3 is 5.69 Å². The van der Waals surface area contributed by atoms with Gasteiger partial charge in [-0.2, -0.15) is 0 Å². The van der Waals surface area contributed by atoms with E-state index in [0.717, 1.165) is 31.9 Å². The van der Waals surface area contributed by atoms with Crippen LogP contribution in [0.15, 0.2) is 48.5 Å². The second-order valence-electron chi connectivity index (χ2n) is 6.45. The fraction of sp³-hybridized carbons (Fsp3) is 0.368. The molecule has 0 radical (unpaired) electrons. The van der Waals surface area contributed by atoms with Crippen LogP contribution in [0.1, 0.15) is 0 Å². The van der Waals surface area contributed by atoms with E-state index in [1.807, 2.05) is 0 Å². The van der Waals surface area contributed by atoms with Gasteiger partial charge in [-0.15, -0.1) is 0 Å². The number of nitro benzene ring substituents is 1. The van der Waals surface area contributed by atoms with Gasteiger partial charge in [0, 0.05) is 44.5 Å². The Morgan fingerprint density at radius 1 is 1.11 bits per heavy atom. The normalized spacial score (nSPS) is 16.1. The number of aliphatic hydroxyl groups is 1. The van der Waals surface area contributed by atoms with Crippen molar-refractivity contribution in [1.29, 1.82) is 0 Å². The van der Waals surface area contributed by atoms with Crippen molar-refractivity contribution in [3.63, 3.8) is 0 Å². The fourth-order valence-corrected chi connectivity index (χ4v) is 3.11. The molecule has 0 saturated carbocycles. The van der Waals surface area contributed by atoms with Crippen LogP contribution in [0.5, 0.6) is 5.75 Å². The Balaban J connectivity index is 1.45. The highest BCUT2D eigenvalue weighted by Crippen LogP contribution is 2.26. The number of benzene rings is 2. The monoisotopic (exact) mass is 375 g/mol. The van der Waals surface area contributed by atoms with Crippen LogP contribution >= 0.6 is 0 Å². The van der Waals surface area contributed by atoms with Crippen molar-refractivity contribution >= 4 is 11.4 Å². The minimum Gasteiger partial charge on any atom is -0.484 e. The van der Waals surface area contributed by atoms with E-state index in [9.17, 15) is 19.6 Å². The smallest absolute Gasteiger partial charge is 0.310 e. The van der Waals surface area contributed by atoms with Gasteiger partial charge in [0.15, 0.2) is 5.75 Å². The zero-order chi connectivity index (χ0) is 19.2. The molecule has 8 heteroatoms. The predicted octanol–water partition coefficient (Wildman–Crippen LogP) is 2.30. The van der Waals surface area contributed by atoms with Crippen molar-refractivity contribution in [3.05, 3.63) is 64.5 Å². The average Bonchev–Trinajstić information content (AvgIpc) is 2.68. The number of halogens is 1. The van der Waals surface area contributed by atoms with Crippen LogP contribution in [0.2, 0.25) is 0 Å². The third-order valence-corrected chi connectivity index (χ3v) is 4.53. The Labute approximate surface area is 156 Å². The van der Waals surface area contributed by atoms with Gasteiger partial charge in [0.1, 0.15) is 18.5 Å². The first kappa shape index (κ1) is 19.1. The molecule has 7 nitrogen and oxygen atoms in total. The summed E-state index contributed by atoms with van der Waals surface area (Å²) in [6.45, 7) is 3.51. The van der Waals surface area contributed by atoms with Crippen LogP contribution in [0.25, 0.3) is 0 Å². The standard InChI is InChI=1S/C19H22FN3O4/c20-15-5-7-16(8-6-15)22-11-9-21(10-12-22)13-17(24)14-27-19-4-2-1-3-18(19)23(25)26/h1-8,17,24H,9-14H2/t17-/m1/s1. The molecule has 0 spiro atoms. The fourth-order valence-electron chi connectivity index (χ4n) is 3.11. The number of β-amino-alcohol motifs (C(OH)–C–C–N with tert-alkyl or cyclic N) is 1. The molecule has 2 aromatic rings. The quantitative estimate of drug-likeness (QED) is 0.591. The molecule has 1 aliphatic heterocycles. The van der Waals surface area contributed by atoms with Gasteiger partial charge in [0.2, 0.25) is 0 Å². The maximum absolute atomic E-state index is 13.0. The molecular weight excluding hydrogens is 353 g/mol. The third-order valence-electron chi connectivity index (χ3n) is 4.53. The van der Waals surface area contributed by atoms with Gasteiger partial charge < -0.3 is 14.7 Å². The average molecular weight is 375 g/mol. The third kappa shape index (κ3) is 5.15. The molecular formula is C19H22FN3O4. The molecule has 0 unspecified atom stereocenters. The van der Waals surface area contributed by atoms with Crippen LogP contribution in [0, 0.1) is 15.9 Å². The Bertz CT molecular complexity index is 764. The lowest BCUT2D eigenvalue weighted by molar-refractivity contribution is -0.385. The van der Waals surface area contributed by atoms with E-state index < -0.39 is 11.0 Å². The SMILES string of the molecule is O=[N+]([O-])c1ccccc1OC[C@H](O)CN1CCN(c2ccc(F)cc2)CC1. The van der Waals surface area contributed by atoms with Gasteiger partial charge in [-0.1, -0.05) is 12.1 Å². The summed E-state index contributed by atoms with van der Waals surface area (Å²) < 4.78 is 18.5. The first-order chi connectivity index (χ1) is 13.0. The molecule has 3 rings (SSSR count). The minimum atomic E-state index is -0.748. The van der Waals surface area contributed by atoms with Gasteiger partial charge in [-0.25, -0.2) is 4.39 Å². The maximum atomic E-state index is 13.0. The van der Waals surface area contributed by atoms with Gasteiger partial charge in [-0.05, 0) is 30.3 Å². The summed E-state index contributed by atoms with van der Waals surface area (Å²) in [5.74, 6) is -0.0955. The maximum Gasteiger partial charge on any atom is 0.310 e. The van der Waals surface area contributed by atoms with E-state index in [2.05, 4.69) is 9.80 Å². The Hall–Kier alpha value is -2.71. The summed E-state index contributed by atoms with van der Waals surface area (Å²) in [4.78, 5) is 14.8. The van der Waals surface area contributed by atoms with Crippen molar-refractivity contribution in [2.75, 3.05) is 44.2 Å². The lowest BCUT2D eigenvalue weighted by Gasteiger charge is -2.36. The van der Waals surface area contributed by atoms with Gasteiger partial charge in [-0.3, -0.25) is 15.0 Å². The summed E-state index contributed by atoms with van der Waals surface area (Å²) in [6.07, 6.45) is -0.748. The van der Waals surface area contributed by atoms with Crippen LogP contribution in [-0.4, -0.2) is 60.4 Å².